The summed E-state index contributed by atoms with van der Waals surface area (Å²) in [7, 11) is 0. The molecule has 1 aromatic rings. The summed E-state index contributed by atoms with van der Waals surface area (Å²) in [6.45, 7) is 4.92. The zero-order valence-electron chi connectivity index (χ0n) is 13.0. The van der Waals surface area contributed by atoms with Crippen LogP contribution in [0.15, 0.2) is 66.2 Å². The van der Waals surface area contributed by atoms with Gasteiger partial charge in [0.1, 0.15) is 12.0 Å². The van der Waals surface area contributed by atoms with Gasteiger partial charge in [-0.25, -0.2) is 0 Å². The fourth-order valence-corrected chi connectivity index (χ4v) is 2.73. The second kappa shape index (κ2) is 6.02. The molecule has 2 heterocycles. The number of benzene rings is 1. The number of hydrogen-bond donors (Lipinski definition) is 3. The topological polar surface area (TPSA) is 53.3 Å². The van der Waals surface area contributed by atoms with Gasteiger partial charge in [-0.1, -0.05) is 30.4 Å². The largest absolute Gasteiger partial charge is 0.399 e. The molecule has 0 saturated heterocycles. The number of hydrogen-bond acceptors (Lipinski definition) is 4. The third kappa shape index (κ3) is 2.60. The number of nitrogens with one attached hydrogen (secondary N) is 2. The van der Waals surface area contributed by atoms with Gasteiger partial charge in [0, 0.05) is 6.54 Å². The summed E-state index contributed by atoms with van der Waals surface area (Å²) in [6.07, 6.45) is 12.1. The zero-order chi connectivity index (χ0) is 15.5. The minimum absolute atomic E-state index is 0.0850. The van der Waals surface area contributed by atoms with E-state index in [2.05, 4.69) is 58.9 Å². The maximum Gasteiger partial charge on any atom is 0.146 e. The molecule has 0 fully saturated rings. The van der Waals surface area contributed by atoms with Crippen molar-refractivity contribution in [2.24, 2.45) is 5.73 Å². The molecule has 4 N–H and O–H groups in total. The molecule has 0 amide bonds. The maximum absolute atomic E-state index is 6.31. The van der Waals surface area contributed by atoms with Crippen LogP contribution in [0.5, 0.6) is 0 Å². The van der Waals surface area contributed by atoms with Gasteiger partial charge in [0.25, 0.3) is 0 Å². The molecule has 0 saturated carbocycles. The Labute approximate surface area is 131 Å². The predicted octanol–water partition coefficient (Wildman–Crippen LogP) is 2.97. The molecule has 4 heteroatoms. The Bertz CT molecular complexity index is 682. The van der Waals surface area contributed by atoms with E-state index in [9.17, 15) is 0 Å². The summed E-state index contributed by atoms with van der Waals surface area (Å²) in [5.74, 6) is 1.06. The minimum Gasteiger partial charge on any atom is -0.399 e. The van der Waals surface area contributed by atoms with Crippen molar-refractivity contribution in [2.45, 2.75) is 20.0 Å². The van der Waals surface area contributed by atoms with Crippen LogP contribution in [-0.2, 0) is 0 Å². The normalized spacial score (nSPS) is 20.6. The highest BCUT2D eigenvalue weighted by atomic mass is 15.4. The summed E-state index contributed by atoms with van der Waals surface area (Å²) in [6, 6.07) is 6.41. The van der Waals surface area contributed by atoms with Crippen LogP contribution < -0.4 is 21.3 Å². The van der Waals surface area contributed by atoms with Gasteiger partial charge < -0.3 is 16.4 Å². The first-order chi connectivity index (χ1) is 10.7. The van der Waals surface area contributed by atoms with E-state index in [1.807, 2.05) is 25.2 Å². The van der Waals surface area contributed by atoms with Crippen molar-refractivity contribution in [1.29, 1.82) is 0 Å². The van der Waals surface area contributed by atoms with Crippen LogP contribution in [-0.4, -0.2) is 12.7 Å². The molecule has 0 bridgehead atoms. The van der Waals surface area contributed by atoms with Crippen molar-refractivity contribution in [3.63, 3.8) is 0 Å². The summed E-state index contributed by atoms with van der Waals surface area (Å²) in [4.78, 5) is 2.22. The molecular formula is C18H22N4. The van der Waals surface area contributed by atoms with Crippen molar-refractivity contribution in [1.82, 2.24) is 5.32 Å². The minimum atomic E-state index is -0.0850. The van der Waals surface area contributed by atoms with Gasteiger partial charge in [-0.05, 0) is 43.7 Å². The Hall–Kier alpha value is -2.62. The SMILES string of the molecule is C/C=C\C=C(/N)C1Nc2ccc(C)cc2N1C1=CC=CCN1. The molecule has 0 aliphatic carbocycles. The summed E-state index contributed by atoms with van der Waals surface area (Å²) < 4.78 is 0. The highest BCUT2D eigenvalue weighted by Crippen LogP contribution is 2.38. The quantitative estimate of drug-likeness (QED) is 0.750. The van der Waals surface area contributed by atoms with E-state index in [-0.39, 0.29) is 6.17 Å². The smallest absolute Gasteiger partial charge is 0.146 e. The standard InChI is InChI=1S/C18H22N4/c1-3-4-7-14(19)18-21-15-10-9-13(2)12-16(15)22(18)17-8-5-6-11-20-17/h3-10,12,18,20-21H,11,19H2,1-2H3/b4-3-,14-7-. The van der Waals surface area contributed by atoms with Crippen LogP contribution in [0.1, 0.15) is 12.5 Å². The lowest BCUT2D eigenvalue weighted by atomic mass is 10.2. The van der Waals surface area contributed by atoms with Crippen molar-refractivity contribution in [3.8, 4) is 0 Å². The van der Waals surface area contributed by atoms with E-state index in [4.69, 9.17) is 5.73 Å². The number of rotatable bonds is 3. The lowest BCUT2D eigenvalue weighted by Crippen LogP contribution is -2.43. The van der Waals surface area contributed by atoms with Crippen LogP contribution in [0.25, 0.3) is 0 Å². The number of aryl methyl sites for hydroxylation is 1. The van der Waals surface area contributed by atoms with Crippen molar-refractivity contribution in [3.05, 3.63) is 71.7 Å². The molecule has 0 spiro atoms. The first-order valence-corrected chi connectivity index (χ1v) is 7.56. The third-order valence-electron chi connectivity index (χ3n) is 3.81. The Morgan fingerprint density at radius 3 is 3.00 bits per heavy atom. The van der Waals surface area contributed by atoms with Gasteiger partial charge in [0.05, 0.1) is 17.1 Å². The number of allylic oxidation sites excluding steroid dienone is 5. The molecule has 4 nitrogen and oxygen atoms in total. The first-order valence-electron chi connectivity index (χ1n) is 7.56. The highest BCUT2D eigenvalue weighted by molar-refractivity contribution is 5.80. The van der Waals surface area contributed by atoms with Crippen molar-refractivity contribution < 1.29 is 0 Å². The van der Waals surface area contributed by atoms with E-state index in [1.165, 1.54) is 5.56 Å². The Morgan fingerprint density at radius 2 is 2.27 bits per heavy atom. The second-order valence-corrected chi connectivity index (χ2v) is 5.49. The molecular weight excluding hydrogens is 272 g/mol. The third-order valence-corrected chi connectivity index (χ3v) is 3.81. The summed E-state index contributed by atoms with van der Waals surface area (Å²) in [5, 5.41) is 6.93. The maximum atomic E-state index is 6.31. The van der Waals surface area contributed by atoms with Gasteiger partial charge in [-0.15, -0.1) is 0 Å². The van der Waals surface area contributed by atoms with Crippen LogP contribution in [0.2, 0.25) is 0 Å². The van der Waals surface area contributed by atoms with Gasteiger partial charge in [-0.2, -0.15) is 0 Å². The van der Waals surface area contributed by atoms with E-state index < -0.39 is 0 Å². The molecule has 1 aromatic carbocycles. The number of dihydropyridines is 1. The average Bonchev–Trinajstić information content (AvgIpc) is 2.92. The summed E-state index contributed by atoms with van der Waals surface area (Å²) in [5.41, 5.74) is 10.6. The fraction of sp³-hybridized carbons (Fsp3) is 0.222. The molecule has 0 radical (unpaired) electrons. The predicted molar refractivity (Wildman–Crippen MR) is 93.4 cm³/mol. The van der Waals surface area contributed by atoms with E-state index in [0.717, 1.165) is 29.4 Å². The van der Waals surface area contributed by atoms with E-state index >= 15 is 0 Å². The average molecular weight is 294 g/mol. The van der Waals surface area contributed by atoms with Crippen molar-refractivity contribution >= 4 is 11.4 Å². The van der Waals surface area contributed by atoms with Crippen LogP contribution in [0.4, 0.5) is 11.4 Å². The number of nitrogens with zero attached hydrogens (tertiary/aromatic N) is 1. The molecule has 1 unspecified atom stereocenters. The molecule has 2 aliphatic heterocycles. The van der Waals surface area contributed by atoms with Crippen LogP contribution in [0, 0.1) is 6.92 Å². The molecule has 22 heavy (non-hydrogen) atoms. The molecule has 0 aromatic heterocycles. The van der Waals surface area contributed by atoms with Crippen LogP contribution >= 0.6 is 0 Å². The molecule has 2 aliphatic rings. The van der Waals surface area contributed by atoms with Gasteiger partial charge >= 0.3 is 0 Å². The second-order valence-electron chi connectivity index (χ2n) is 5.49. The zero-order valence-corrected chi connectivity index (χ0v) is 13.0. The van der Waals surface area contributed by atoms with Gasteiger partial charge in [-0.3, -0.25) is 4.90 Å². The Morgan fingerprint density at radius 1 is 1.41 bits per heavy atom. The number of nitrogens with two attached hydrogens (primary N) is 1. The fourth-order valence-electron chi connectivity index (χ4n) is 2.73. The summed E-state index contributed by atoms with van der Waals surface area (Å²) >= 11 is 0. The van der Waals surface area contributed by atoms with E-state index in [1.54, 1.807) is 0 Å². The monoisotopic (exact) mass is 294 g/mol. The first kappa shape index (κ1) is 14.3. The lowest BCUT2D eigenvalue weighted by molar-refractivity contribution is 0.739. The number of anilines is 2. The molecule has 1 atom stereocenters. The molecule has 114 valence electrons. The Balaban J connectivity index is 2.04. The highest BCUT2D eigenvalue weighted by Gasteiger charge is 2.32. The van der Waals surface area contributed by atoms with Gasteiger partial charge in [0.2, 0.25) is 0 Å². The Kier molecular flexibility index (Phi) is 3.92. The van der Waals surface area contributed by atoms with Crippen molar-refractivity contribution in [2.75, 3.05) is 16.8 Å². The van der Waals surface area contributed by atoms with Gasteiger partial charge in [0.15, 0.2) is 0 Å². The molecule has 3 rings (SSSR count). The van der Waals surface area contributed by atoms with Crippen LogP contribution in [0.3, 0.4) is 0 Å². The number of fused-ring (bicyclic) bond motifs is 1. The van der Waals surface area contributed by atoms with E-state index in [0.29, 0.717) is 0 Å². The lowest BCUT2D eigenvalue weighted by Gasteiger charge is -2.30.